The summed E-state index contributed by atoms with van der Waals surface area (Å²) in [4.78, 5) is 16.6. The van der Waals surface area contributed by atoms with Crippen LogP contribution in [0.3, 0.4) is 0 Å². The molecule has 0 saturated heterocycles. The average Bonchev–Trinajstić information content (AvgIpc) is 2.38. The molecule has 5 heteroatoms. The van der Waals surface area contributed by atoms with Gasteiger partial charge in [-0.25, -0.2) is 8.42 Å². The first kappa shape index (κ1) is 14.2. The van der Waals surface area contributed by atoms with Crippen molar-refractivity contribution < 1.29 is 13.2 Å². The second-order valence-electron chi connectivity index (χ2n) is 5.35. The molecule has 1 heterocycles. The second kappa shape index (κ2) is 5.41. The lowest BCUT2D eigenvalue weighted by atomic mass is 9.84. The molecule has 0 spiro atoms. The summed E-state index contributed by atoms with van der Waals surface area (Å²) in [5.41, 5.74) is 1.34. The SMILES string of the molecule is Cc1cccnc1C(=O)C1CCCC(S(C)(=O)=O)C1. The fourth-order valence-corrected chi connectivity index (χ4v) is 3.89. The second-order valence-corrected chi connectivity index (χ2v) is 7.67. The van der Waals surface area contributed by atoms with E-state index in [-0.39, 0.29) is 17.0 Å². The Morgan fingerprint density at radius 1 is 1.37 bits per heavy atom. The highest BCUT2D eigenvalue weighted by Crippen LogP contribution is 2.30. The maximum Gasteiger partial charge on any atom is 0.184 e. The first-order chi connectivity index (χ1) is 8.89. The first-order valence-electron chi connectivity index (χ1n) is 6.54. The molecule has 1 aromatic rings. The molecule has 1 aromatic heterocycles. The third-order valence-corrected chi connectivity index (χ3v) is 5.48. The molecule has 2 atom stereocenters. The van der Waals surface area contributed by atoms with Gasteiger partial charge >= 0.3 is 0 Å². The van der Waals surface area contributed by atoms with Gasteiger partial charge in [-0.3, -0.25) is 9.78 Å². The summed E-state index contributed by atoms with van der Waals surface area (Å²) in [5.74, 6) is -0.214. The van der Waals surface area contributed by atoms with Crippen molar-refractivity contribution in [3.63, 3.8) is 0 Å². The molecule has 0 radical (unpaired) electrons. The van der Waals surface area contributed by atoms with E-state index in [4.69, 9.17) is 0 Å². The van der Waals surface area contributed by atoms with E-state index in [0.29, 0.717) is 18.5 Å². The standard InChI is InChI=1S/C14H19NO3S/c1-10-5-4-8-15-13(10)14(16)11-6-3-7-12(9-11)19(2,17)18/h4-5,8,11-12H,3,6-7,9H2,1-2H3. The van der Waals surface area contributed by atoms with E-state index in [1.54, 1.807) is 12.3 Å². The van der Waals surface area contributed by atoms with Crippen LogP contribution in [0.4, 0.5) is 0 Å². The number of hydrogen-bond acceptors (Lipinski definition) is 4. The quantitative estimate of drug-likeness (QED) is 0.797. The minimum absolute atomic E-state index is 0.00792. The number of carbonyl (C=O) groups is 1. The molecule has 19 heavy (non-hydrogen) atoms. The van der Waals surface area contributed by atoms with Crippen LogP contribution in [0.5, 0.6) is 0 Å². The number of ketones is 1. The number of nitrogens with zero attached hydrogens (tertiary/aromatic N) is 1. The van der Waals surface area contributed by atoms with E-state index < -0.39 is 9.84 Å². The molecule has 1 aliphatic carbocycles. The van der Waals surface area contributed by atoms with Crippen molar-refractivity contribution in [2.24, 2.45) is 5.92 Å². The highest BCUT2D eigenvalue weighted by atomic mass is 32.2. The molecule has 0 aromatic carbocycles. The molecule has 0 aliphatic heterocycles. The van der Waals surface area contributed by atoms with Gasteiger partial charge in [0.05, 0.1) is 5.25 Å². The van der Waals surface area contributed by atoms with E-state index in [0.717, 1.165) is 18.4 Å². The number of aryl methyl sites for hydroxylation is 1. The molecule has 0 bridgehead atoms. The van der Waals surface area contributed by atoms with Gasteiger partial charge in [0.2, 0.25) is 0 Å². The summed E-state index contributed by atoms with van der Waals surface area (Å²) in [7, 11) is -3.06. The molecule has 2 unspecified atom stereocenters. The Balaban J connectivity index is 2.19. The third-order valence-electron chi connectivity index (χ3n) is 3.85. The molecule has 2 rings (SSSR count). The summed E-state index contributed by atoms with van der Waals surface area (Å²) >= 11 is 0. The van der Waals surface area contributed by atoms with Gasteiger partial charge < -0.3 is 0 Å². The number of pyridine rings is 1. The zero-order valence-corrected chi connectivity index (χ0v) is 12.1. The van der Waals surface area contributed by atoms with Crippen LogP contribution in [-0.2, 0) is 9.84 Å². The van der Waals surface area contributed by atoms with Crippen LogP contribution in [-0.4, -0.2) is 30.7 Å². The molecule has 4 nitrogen and oxygen atoms in total. The summed E-state index contributed by atoms with van der Waals surface area (Å²) < 4.78 is 23.3. The summed E-state index contributed by atoms with van der Waals surface area (Å²) in [6, 6.07) is 3.66. The lowest BCUT2D eigenvalue weighted by Gasteiger charge is -2.27. The van der Waals surface area contributed by atoms with Gasteiger partial charge in [-0.05, 0) is 37.8 Å². The maximum atomic E-state index is 12.4. The Labute approximate surface area is 114 Å². The van der Waals surface area contributed by atoms with Crippen LogP contribution >= 0.6 is 0 Å². The van der Waals surface area contributed by atoms with Crippen LogP contribution in [0.1, 0.15) is 41.7 Å². The van der Waals surface area contributed by atoms with Crippen molar-refractivity contribution in [3.05, 3.63) is 29.6 Å². The number of hydrogen-bond donors (Lipinski definition) is 0. The number of aromatic nitrogens is 1. The minimum Gasteiger partial charge on any atom is -0.292 e. The van der Waals surface area contributed by atoms with Gasteiger partial charge in [0.15, 0.2) is 5.78 Å². The topological polar surface area (TPSA) is 64.1 Å². The summed E-state index contributed by atoms with van der Waals surface area (Å²) in [5, 5.41) is -0.376. The number of rotatable bonds is 3. The van der Waals surface area contributed by atoms with E-state index in [2.05, 4.69) is 4.98 Å². The van der Waals surface area contributed by atoms with Crippen LogP contribution in [0, 0.1) is 12.8 Å². The third kappa shape index (κ3) is 3.21. The highest BCUT2D eigenvalue weighted by molar-refractivity contribution is 7.91. The molecule has 0 amide bonds. The average molecular weight is 281 g/mol. The fourth-order valence-electron chi connectivity index (χ4n) is 2.71. The van der Waals surface area contributed by atoms with Crippen LogP contribution in [0.2, 0.25) is 0 Å². The molecule has 1 fully saturated rings. The highest BCUT2D eigenvalue weighted by Gasteiger charge is 2.33. The van der Waals surface area contributed by atoms with E-state index in [1.807, 2.05) is 13.0 Å². The van der Waals surface area contributed by atoms with Crippen molar-refractivity contribution in [2.45, 2.75) is 37.9 Å². The number of sulfone groups is 1. The minimum atomic E-state index is -3.06. The molecule has 1 saturated carbocycles. The predicted molar refractivity (Wildman–Crippen MR) is 73.9 cm³/mol. The van der Waals surface area contributed by atoms with Crippen molar-refractivity contribution in [1.29, 1.82) is 0 Å². The van der Waals surface area contributed by atoms with Crippen LogP contribution in [0.25, 0.3) is 0 Å². The largest absolute Gasteiger partial charge is 0.292 e. The van der Waals surface area contributed by atoms with Gasteiger partial charge in [0.1, 0.15) is 15.5 Å². The van der Waals surface area contributed by atoms with Gasteiger partial charge in [-0.2, -0.15) is 0 Å². The van der Waals surface area contributed by atoms with Crippen molar-refractivity contribution >= 4 is 15.6 Å². The molecular weight excluding hydrogens is 262 g/mol. The van der Waals surface area contributed by atoms with Crippen LogP contribution < -0.4 is 0 Å². The number of carbonyl (C=O) groups excluding carboxylic acids is 1. The Bertz CT molecular complexity index is 580. The fraction of sp³-hybridized carbons (Fsp3) is 0.571. The first-order valence-corrected chi connectivity index (χ1v) is 8.49. The molecule has 1 aliphatic rings. The number of Topliss-reactive ketones (excluding diaryl/α,β-unsaturated/α-hetero) is 1. The Kier molecular flexibility index (Phi) is 4.04. The molecule has 0 N–H and O–H groups in total. The predicted octanol–water partition coefficient (Wildman–Crippen LogP) is 2.18. The molecular formula is C14H19NO3S. The van der Waals surface area contributed by atoms with Crippen LogP contribution in [0.15, 0.2) is 18.3 Å². The van der Waals surface area contributed by atoms with Gasteiger partial charge in [-0.1, -0.05) is 12.5 Å². The normalized spacial score (nSPS) is 24.1. The lowest BCUT2D eigenvalue weighted by Crippen LogP contribution is -2.31. The lowest BCUT2D eigenvalue weighted by molar-refractivity contribution is 0.0885. The zero-order chi connectivity index (χ0) is 14.0. The maximum absolute atomic E-state index is 12.4. The van der Waals surface area contributed by atoms with Gasteiger partial charge in [0.25, 0.3) is 0 Å². The molecule has 104 valence electrons. The van der Waals surface area contributed by atoms with Crippen molar-refractivity contribution in [3.8, 4) is 0 Å². The van der Waals surface area contributed by atoms with E-state index in [9.17, 15) is 13.2 Å². The Morgan fingerprint density at radius 2 is 2.11 bits per heavy atom. The Hall–Kier alpha value is -1.23. The summed E-state index contributed by atoms with van der Waals surface area (Å²) in [6.45, 7) is 1.86. The smallest absolute Gasteiger partial charge is 0.184 e. The Morgan fingerprint density at radius 3 is 2.74 bits per heavy atom. The van der Waals surface area contributed by atoms with E-state index >= 15 is 0 Å². The monoisotopic (exact) mass is 281 g/mol. The zero-order valence-electron chi connectivity index (χ0n) is 11.3. The van der Waals surface area contributed by atoms with Gasteiger partial charge in [0, 0.05) is 18.4 Å². The summed E-state index contributed by atoms with van der Waals surface area (Å²) in [6.07, 6.45) is 5.53. The van der Waals surface area contributed by atoms with Gasteiger partial charge in [-0.15, -0.1) is 0 Å². The van der Waals surface area contributed by atoms with Crippen molar-refractivity contribution in [1.82, 2.24) is 4.98 Å². The van der Waals surface area contributed by atoms with Crippen molar-refractivity contribution in [2.75, 3.05) is 6.26 Å². The van der Waals surface area contributed by atoms with E-state index in [1.165, 1.54) is 6.26 Å².